The van der Waals surface area contributed by atoms with E-state index in [1.165, 1.54) is 12.1 Å². The SMILES string of the molecule is CC(=O)OCS(=O)(=O)Oc1ccccc1. The van der Waals surface area contributed by atoms with Gasteiger partial charge >= 0.3 is 16.1 Å². The molecule has 0 aliphatic rings. The molecule has 0 bridgehead atoms. The summed E-state index contributed by atoms with van der Waals surface area (Å²) in [5.74, 6) is -1.27. The molecule has 0 aromatic heterocycles. The lowest BCUT2D eigenvalue weighted by Gasteiger charge is -2.06. The van der Waals surface area contributed by atoms with Gasteiger partial charge in [-0.25, -0.2) is 0 Å². The van der Waals surface area contributed by atoms with Crippen LogP contribution in [0.4, 0.5) is 0 Å². The van der Waals surface area contributed by atoms with Crippen molar-refractivity contribution < 1.29 is 22.1 Å². The summed E-state index contributed by atoms with van der Waals surface area (Å²) < 4.78 is 31.4. The number of carbonyl (C=O) groups excluding carboxylic acids is 1. The average molecular weight is 230 g/mol. The lowest BCUT2D eigenvalue weighted by atomic mass is 10.3. The lowest BCUT2D eigenvalue weighted by molar-refractivity contribution is -0.139. The van der Waals surface area contributed by atoms with Gasteiger partial charge in [0.05, 0.1) is 0 Å². The summed E-state index contributed by atoms with van der Waals surface area (Å²) in [6, 6.07) is 7.98. The standard InChI is InChI=1S/C9H10O5S/c1-8(10)13-7-15(11,12)14-9-5-3-2-4-6-9/h2-6H,7H2,1H3. The van der Waals surface area contributed by atoms with E-state index in [9.17, 15) is 13.2 Å². The molecule has 0 saturated carbocycles. The molecule has 5 nitrogen and oxygen atoms in total. The van der Waals surface area contributed by atoms with E-state index in [0.29, 0.717) is 0 Å². The molecule has 0 atom stereocenters. The van der Waals surface area contributed by atoms with Crippen LogP contribution in [-0.2, 0) is 19.6 Å². The van der Waals surface area contributed by atoms with Crippen LogP contribution in [0, 0.1) is 0 Å². The molecule has 0 radical (unpaired) electrons. The van der Waals surface area contributed by atoms with Crippen molar-refractivity contribution in [3.63, 3.8) is 0 Å². The van der Waals surface area contributed by atoms with Gasteiger partial charge in [0.1, 0.15) is 5.75 Å². The highest BCUT2D eigenvalue weighted by molar-refractivity contribution is 7.86. The highest BCUT2D eigenvalue weighted by atomic mass is 32.2. The molecule has 6 heteroatoms. The molecule has 15 heavy (non-hydrogen) atoms. The van der Waals surface area contributed by atoms with E-state index in [0.717, 1.165) is 6.92 Å². The Bertz CT molecular complexity index is 423. The highest BCUT2D eigenvalue weighted by Crippen LogP contribution is 2.11. The lowest BCUT2D eigenvalue weighted by Crippen LogP contribution is -2.17. The van der Waals surface area contributed by atoms with Crippen LogP contribution in [0.3, 0.4) is 0 Å². The summed E-state index contributed by atoms with van der Waals surface area (Å²) in [5, 5.41) is 0. The van der Waals surface area contributed by atoms with Crippen LogP contribution < -0.4 is 4.18 Å². The summed E-state index contributed by atoms with van der Waals surface area (Å²) >= 11 is 0. The molecule has 0 unspecified atom stereocenters. The Hall–Kier alpha value is -1.56. The maximum atomic E-state index is 11.2. The third-order valence-corrected chi connectivity index (χ3v) is 2.23. The number of hydrogen-bond donors (Lipinski definition) is 0. The molecule has 1 aromatic rings. The van der Waals surface area contributed by atoms with Crippen LogP contribution in [0.15, 0.2) is 30.3 Å². The fourth-order valence-electron chi connectivity index (χ4n) is 0.802. The van der Waals surface area contributed by atoms with Crippen LogP contribution >= 0.6 is 0 Å². The minimum atomic E-state index is -3.87. The van der Waals surface area contributed by atoms with Gasteiger partial charge in [0.15, 0.2) is 0 Å². The number of carbonyl (C=O) groups is 1. The third kappa shape index (κ3) is 4.46. The van der Waals surface area contributed by atoms with E-state index in [1.54, 1.807) is 18.2 Å². The second-order valence-electron chi connectivity index (χ2n) is 2.71. The van der Waals surface area contributed by atoms with Crippen LogP contribution in [-0.4, -0.2) is 20.3 Å². The first kappa shape index (κ1) is 11.5. The Balaban J connectivity index is 2.61. The zero-order valence-corrected chi connectivity index (χ0v) is 8.86. The van der Waals surface area contributed by atoms with Gasteiger partial charge in [0.2, 0.25) is 5.94 Å². The molecule has 0 heterocycles. The second-order valence-corrected chi connectivity index (χ2v) is 4.23. The molecule has 0 N–H and O–H groups in total. The van der Waals surface area contributed by atoms with Crippen molar-refractivity contribution in [2.45, 2.75) is 6.92 Å². The molecule has 0 fully saturated rings. The van der Waals surface area contributed by atoms with Crippen molar-refractivity contribution in [3.8, 4) is 5.75 Å². The maximum Gasteiger partial charge on any atom is 0.345 e. The molecular weight excluding hydrogens is 220 g/mol. The smallest absolute Gasteiger partial charge is 0.345 e. The van der Waals surface area contributed by atoms with E-state index in [1.807, 2.05) is 0 Å². The number of para-hydroxylation sites is 1. The minimum absolute atomic E-state index is 0.185. The summed E-state index contributed by atoms with van der Waals surface area (Å²) in [5.41, 5.74) is 0. The third-order valence-electron chi connectivity index (χ3n) is 1.37. The minimum Gasteiger partial charge on any atom is -0.446 e. The van der Waals surface area contributed by atoms with Gasteiger partial charge in [-0.3, -0.25) is 4.79 Å². The topological polar surface area (TPSA) is 69.7 Å². The molecule has 1 rings (SSSR count). The number of esters is 1. The van der Waals surface area contributed by atoms with Crippen LogP contribution in [0.5, 0.6) is 5.75 Å². The largest absolute Gasteiger partial charge is 0.446 e. The van der Waals surface area contributed by atoms with E-state index >= 15 is 0 Å². The number of rotatable bonds is 4. The van der Waals surface area contributed by atoms with Crippen LogP contribution in [0.2, 0.25) is 0 Å². The zero-order valence-electron chi connectivity index (χ0n) is 8.04. The summed E-state index contributed by atoms with van der Waals surface area (Å²) in [6.07, 6.45) is 0. The molecule has 0 spiro atoms. The Morgan fingerprint density at radius 2 is 1.87 bits per heavy atom. The van der Waals surface area contributed by atoms with Crippen molar-refractivity contribution in [2.75, 3.05) is 5.94 Å². The van der Waals surface area contributed by atoms with Gasteiger partial charge < -0.3 is 8.92 Å². The van der Waals surface area contributed by atoms with Crippen molar-refractivity contribution in [1.82, 2.24) is 0 Å². The number of hydrogen-bond acceptors (Lipinski definition) is 5. The van der Waals surface area contributed by atoms with Gasteiger partial charge in [-0.15, -0.1) is 0 Å². The first-order valence-electron chi connectivity index (χ1n) is 4.10. The Morgan fingerprint density at radius 3 is 2.40 bits per heavy atom. The molecule has 1 aromatic carbocycles. The van der Waals surface area contributed by atoms with E-state index in [2.05, 4.69) is 8.92 Å². The van der Waals surface area contributed by atoms with Gasteiger partial charge in [0, 0.05) is 6.92 Å². The average Bonchev–Trinajstić information content (AvgIpc) is 2.16. The summed E-state index contributed by atoms with van der Waals surface area (Å²) in [6.45, 7) is 1.12. The van der Waals surface area contributed by atoms with Gasteiger partial charge in [-0.2, -0.15) is 8.42 Å². The van der Waals surface area contributed by atoms with E-state index in [4.69, 9.17) is 0 Å². The van der Waals surface area contributed by atoms with Crippen LogP contribution in [0.25, 0.3) is 0 Å². The van der Waals surface area contributed by atoms with Gasteiger partial charge in [0.25, 0.3) is 0 Å². The molecule has 0 saturated heterocycles. The Kier molecular flexibility index (Phi) is 3.68. The van der Waals surface area contributed by atoms with Gasteiger partial charge in [-0.05, 0) is 12.1 Å². The maximum absolute atomic E-state index is 11.2. The monoisotopic (exact) mass is 230 g/mol. The summed E-state index contributed by atoms with van der Waals surface area (Å²) in [4.78, 5) is 10.4. The second kappa shape index (κ2) is 4.79. The number of benzene rings is 1. The molecule has 0 amide bonds. The highest BCUT2D eigenvalue weighted by Gasteiger charge is 2.14. The molecular formula is C9H10O5S. The van der Waals surface area contributed by atoms with Crippen molar-refractivity contribution >= 4 is 16.1 Å². The summed E-state index contributed by atoms with van der Waals surface area (Å²) in [7, 11) is -3.87. The van der Waals surface area contributed by atoms with Crippen LogP contribution in [0.1, 0.15) is 6.92 Å². The predicted octanol–water partition coefficient (Wildman–Crippen LogP) is 0.916. The van der Waals surface area contributed by atoms with Crippen molar-refractivity contribution in [3.05, 3.63) is 30.3 Å². The first-order valence-corrected chi connectivity index (χ1v) is 5.68. The molecule has 82 valence electrons. The normalized spacial score (nSPS) is 10.7. The van der Waals surface area contributed by atoms with Gasteiger partial charge in [-0.1, -0.05) is 18.2 Å². The number of ether oxygens (including phenoxy) is 1. The fourth-order valence-corrected chi connectivity index (χ4v) is 1.56. The quantitative estimate of drug-likeness (QED) is 0.568. The van der Waals surface area contributed by atoms with E-state index < -0.39 is 22.0 Å². The van der Waals surface area contributed by atoms with Crippen molar-refractivity contribution in [2.24, 2.45) is 0 Å². The van der Waals surface area contributed by atoms with E-state index in [-0.39, 0.29) is 5.75 Å². The Morgan fingerprint density at radius 1 is 1.27 bits per heavy atom. The predicted molar refractivity (Wildman–Crippen MR) is 52.6 cm³/mol. The molecule has 0 aliphatic heterocycles. The van der Waals surface area contributed by atoms with Crippen molar-refractivity contribution in [1.29, 1.82) is 0 Å². The fraction of sp³-hybridized carbons (Fsp3) is 0.222. The zero-order chi connectivity index (χ0) is 11.3. The molecule has 0 aliphatic carbocycles. The Labute approximate surface area is 87.7 Å². The first-order chi connectivity index (χ1) is 6.99.